The van der Waals surface area contributed by atoms with Crippen molar-refractivity contribution in [2.24, 2.45) is 11.1 Å². The number of anilines is 1. The molecule has 0 aliphatic heterocycles. The molecule has 1 saturated carbocycles. The zero-order chi connectivity index (χ0) is 16.8. The molecule has 0 aromatic heterocycles. The van der Waals surface area contributed by atoms with Gasteiger partial charge in [0.25, 0.3) is 0 Å². The number of hydrogen-bond donors (Lipinski definition) is 2. The van der Waals surface area contributed by atoms with Crippen LogP contribution in [0.1, 0.15) is 43.6 Å². The molecule has 0 unspecified atom stereocenters. The Kier molecular flexibility index (Phi) is 5.76. The lowest BCUT2D eigenvalue weighted by atomic mass is 9.77. The zero-order valence-electron chi connectivity index (χ0n) is 13.7. The topological polar surface area (TPSA) is 44.6 Å². The molecule has 3 rings (SSSR count). The van der Waals surface area contributed by atoms with E-state index in [0.717, 1.165) is 24.9 Å². The molecule has 2 aromatic carbocycles. The lowest BCUT2D eigenvalue weighted by Gasteiger charge is -2.29. The van der Waals surface area contributed by atoms with Gasteiger partial charge in [0.05, 0.1) is 10.7 Å². The third kappa shape index (κ3) is 4.30. The Hall–Kier alpha value is -2.00. The summed E-state index contributed by atoms with van der Waals surface area (Å²) in [4.78, 5) is 0. The molecule has 0 amide bonds. The van der Waals surface area contributed by atoms with Gasteiger partial charge in [0.2, 0.25) is 0 Å². The maximum Gasteiger partial charge on any atom is 0.146 e. The van der Waals surface area contributed by atoms with Crippen LogP contribution in [-0.4, -0.2) is 11.0 Å². The average molecular weight is 343 g/mol. The highest BCUT2D eigenvalue weighted by atomic mass is 35.5. The summed E-state index contributed by atoms with van der Waals surface area (Å²) >= 11 is 6.16. The Bertz CT molecular complexity index is 679. The second kappa shape index (κ2) is 8.20. The van der Waals surface area contributed by atoms with Crippen molar-refractivity contribution in [1.29, 1.82) is 0 Å². The van der Waals surface area contributed by atoms with Gasteiger partial charge in [-0.05, 0) is 55.2 Å². The van der Waals surface area contributed by atoms with Crippen molar-refractivity contribution < 1.29 is 5.21 Å². The molecule has 3 nitrogen and oxygen atoms in total. The number of para-hydroxylation sites is 1. The van der Waals surface area contributed by atoms with Gasteiger partial charge in [0, 0.05) is 6.42 Å². The molecule has 0 atom stereocenters. The van der Waals surface area contributed by atoms with Crippen LogP contribution in [0, 0.1) is 5.92 Å². The van der Waals surface area contributed by atoms with Crippen molar-refractivity contribution in [2.45, 2.75) is 38.0 Å². The Morgan fingerprint density at radius 1 is 1.00 bits per heavy atom. The van der Waals surface area contributed by atoms with Gasteiger partial charge < -0.3 is 10.5 Å². The highest BCUT2D eigenvalue weighted by Crippen LogP contribution is 2.37. The van der Waals surface area contributed by atoms with E-state index in [1.165, 1.54) is 18.4 Å². The maximum atomic E-state index is 9.32. The van der Waals surface area contributed by atoms with Crippen molar-refractivity contribution in [3.05, 3.63) is 65.2 Å². The number of oxime groups is 1. The zero-order valence-corrected chi connectivity index (χ0v) is 14.4. The Balaban J connectivity index is 1.54. The summed E-state index contributed by atoms with van der Waals surface area (Å²) in [5, 5.41) is 16.6. The Labute approximate surface area is 148 Å². The number of hydrogen-bond acceptors (Lipinski definition) is 2. The lowest BCUT2D eigenvalue weighted by molar-refractivity contribution is 0.306. The molecule has 1 fully saturated rings. The van der Waals surface area contributed by atoms with Crippen molar-refractivity contribution in [2.75, 3.05) is 5.32 Å². The average Bonchev–Trinajstić information content (AvgIpc) is 2.64. The van der Waals surface area contributed by atoms with E-state index in [0.29, 0.717) is 22.7 Å². The molecule has 0 spiro atoms. The Morgan fingerprint density at radius 2 is 1.67 bits per heavy atom. The van der Waals surface area contributed by atoms with E-state index in [-0.39, 0.29) is 0 Å². The highest BCUT2D eigenvalue weighted by Gasteiger charge is 2.23. The fourth-order valence-corrected chi connectivity index (χ4v) is 3.72. The van der Waals surface area contributed by atoms with Crippen LogP contribution in [0.15, 0.2) is 59.8 Å². The predicted molar refractivity (Wildman–Crippen MR) is 100 cm³/mol. The number of nitrogens with one attached hydrogen (secondary N) is 1. The van der Waals surface area contributed by atoms with Gasteiger partial charge >= 0.3 is 0 Å². The molecule has 0 radical (unpaired) electrons. The lowest BCUT2D eigenvalue weighted by Crippen LogP contribution is -2.21. The van der Waals surface area contributed by atoms with Crippen molar-refractivity contribution >= 4 is 23.1 Å². The third-order valence-corrected chi connectivity index (χ3v) is 5.20. The van der Waals surface area contributed by atoms with Crippen LogP contribution in [0.2, 0.25) is 5.02 Å². The number of rotatable bonds is 4. The monoisotopic (exact) mass is 342 g/mol. The minimum Gasteiger partial charge on any atom is -0.409 e. The molecule has 126 valence electrons. The first-order valence-corrected chi connectivity index (χ1v) is 8.91. The minimum absolute atomic E-state index is 0.547. The first-order valence-electron chi connectivity index (χ1n) is 8.53. The van der Waals surface area contributed by atoms with Crippen molar-refractivity contribution in [1.82, 2.24) is 0 Å². The number of benzene rings is 2. The second-order valence-corrected chi connectivity index (χ2v) is 6.89. The van der Waals surface area contributed by atoms with Crippen LogP contribution in [0.4, 0.5) is 5.69 Å². The molecular formula is C20H23ClN2O. The molecule has 0 saturated heterocycles. The predicted octanol–water partition coefficient (Wildman–Crippen LogP) is 5.90. The van der Waals surface area contributed by atoms with Gasteiger partial charge in [0.15, 0.2) is 0 Å². The Morgan fingerprint density at radius 3 is 2.33 bits per heavy atom. The summed E-state index contributed by atoms with van der Waals surface area (Å²) in [6, 6.07) is 18.3. The molecule has 24 heavy (non-hydrogen) atoms. The van der Waals surface area contributed by atoms with Crippen molar-refractivity contribution in [3.63, 3.8) is 0 Å². The van der Waals surface area contributed by atoms with E-state index in [1.54, 1.807) is 0 Å². The minimum atomic E-state index is 0.547. The van der Waals surface area contributed by atoms with Crippen LogP contribution in [0.5, 0.6) is 0 Å². The van der Waals surface area contributed by atoms with E-state index >= 15 is 0 Å². The number of halogens is 1. The molecule has 4 heteroatoms. The van der Waals surface area contributed by atoms with Crippen LogP contribution in [0.25, 0.3) is 0 Å². The first kappa shape index (κ1) is 16.8. The smallest absolute Gasteiger partial charge is 0.146 e. The number of amidine groups is 1. The van der Waals surface area contributed by atoms with Gasteiger partial charge in [-0.15, -0.1) is 0 Å². The molecular weight excluding hydrogens is 320 g/mol. The van der Waals surface area contributed by atoms with E-state index in [9.17, 15) is 5.21 Å². The molecule has 1 aliphatic carbocycles. The van der Waals surface area contributed by atoms with Gasteiger partial charge in [-0.2, -0.15) is 0 Å². The fraction of sp³-hybridized carbons (Fsp3) is 0.350. The number of nitrogens with zero attached hydrogens (tertiary/aromatic N) is 1. The van der Waals surface area contributed by atoms with Gasteiger partial charge in [0.1, 0.15) is 5.84 Å². The standard InChI is InChI=1S/C20H23ClN2O/c21-18-8-4-5-9-19(18)22-20(23-24)14-15-10-12-17(13-11-15)16-6-2-1-3-7-16/h1-9,15,17,24H,10-14H2,(H,22,23)/t15-,17+. The van der Waals surface area contributed by atoms with Crippen molar-refractivity contribution in [3.8, 4) is 0 Å². The second-order valence-electron chi connectivity index (χ2n) is 6.48. The maximum absolute atomic E-state index is 9.32. The van der Waals surface area contributed by atoms with E-state index in [4.69, 9.17) is 11.6 Å². The molecule has 2 aromatic rings. The summed E-state index contributed by atoms with van der Waals surface area (Å²) in [5.74, 6) is 1.80. The molecule has 0 bridgehead atoms. The fourth-order valence-electron chi connectivity index (χ4n) is 3.53. The third-order valence-electron chi connectivity index (χ3n) is 4.87. The van der Waals surface area contributed by atoms with Gasteiger partial charge in [-0.3, -0.25) is 0 Å². The SMILES string of the molecule is O/N=C(/C[C@H]1CC[C@@H](c2ccccc2)CC1)Nc1ccccc1Cl. The van der Waals surface area contributed by atoms with Gasteiger partial charge in [-0.25, -0.2) is 0 Å². The summed E-state index contributed by atoms with van der Waals surface area (Å²) in [7, 11) is 0. The van der Waals surface area contributed by atoms with E-state index in [2.05, 4.69) is 40.8 Å². The summed E-state index contributed by atoms with van der Waals surface area (Å²) in [6.45, 7) is 0. The first-order chi connectivity index (χ1) is 11.8. The summed E-state index contributed by atoms with van der Waals surface area (Å²) in [6.07, 6.45) is 5.45. The van der Waals surface area contributed by atoms with E-state index in [1.807, 2.05) is 24.3 Å². The van der Waals surface area contributed by atoms with E-state index < -0.39 is 0 Å². The van der Waals surface area contributed by atoms with Crippen LogP contribution in [0.3, 0.4) is 0 Å². The molecule has 0 heterocycles. The molecule has 1 aliphatic rings. The van der Waals surface area contributed by atoms with Crippen LogP contribution in [-0.2, 0) is 0 Å². The van der Waals surface area contributed by atoms with Crippen LogP contribution >= 0.6 is 11.6 Å². The largest absolute Gasteiger partial charge is 0.409 e. The summed E-state index contributed by atoms with van der Waals surface area (Å²) < 4.78 is 0. The van der Waals surface area contributed by atoms with Gasteiger partial charge in [-0.1, -0.05) is 59.2 Å². The normalized spacial score (nSPS) is 21.5. The van der Waals surface area contributed by atoms with Crippen LogP contribution < -0.4 is 5.32 Å². The quantitative estimate of drug-likeness (QED) is 0.314. The molecule has 2 N–H and O–H groups in total. The highest BCUT2D eigenvalue weighted by molar-refractivity contribution is 6.33. The summed E-state index contributed by atoms with van der Waals surface area (Å²) in [5.41, 5.74) is 2.23.